The molecule has 1 unspecified atom stereocenters. The maximum atomic E-state index is 13.1. The smallest absolute Gasteiger partial charge is 0.331 e. The Balaban J connectivity index is 3.05. The number of ether oxygens (including phenoxy) is 1. The zero-order valence-electron chi connectivity index (χ0n) is 11.2. The highest BCUT2D eigenvalue weighted by molar-refractivity contribution is 5.98. The molecular weight excluding hydrogens is 275 g/mol. The molecule has 0 heterocycles. The standard InChI is InChI=1S/C13H14F3NO3/c1-4-13(2,12(19)20-3)17-11(18)7-5-8(14)10(16)9(15)6-7/h5-6H,4H2,1-3H3,(H,17,18). The van der Waals surface area contributed by atoms with Gasteiger partial charge in [-0.3, -0.25) is 4.79 Å². The fourth-order valence-corrected chi connectivity index (χ4v) is 1.52. The van der Waals surface area contributed by atoms with Gasteiger partial charge in [0.25, 0.3) is 5.91 Å². The van der Waals surface area contributed by atoms with Crippen LogP contribution in [0.4, 0.5) is 13.2 Å². The molecule has 1 aromatic rings. The van der Waals surface area contributed by atoms with Crippen LogP contribution in [0.15, 0.2) is 12.1 Å². The summed E-state index contributed by atoms with van der Waals surface area (Å²) in [7, 11) is 1.15. The van der Waals surface area contributed by atoms with E-state index in [0.717, 1.165) is 7.11 Å². The quantitative estimate of drug-likeness (QED) is 0.682. The van der Waals surface area contributed by atoms with E-state index in [1.165, 1.54) is 6.92 Å². The van der Waals surface area contributed by atoms with Gasteiger partial charge in [0.15, 0.2) is 17.5 Å². The fourth-order valence-electron chi connectivity index (χ4n) is 1.52. The molecule has 0 bridgehead atoms. The third-order valence-corrected chi connectivity index (χ3v) is 2.98. The molecule has 1 N–H and O–H groups in total. The van der Waals surface area contributed by atoms with Crippen molar-refractivity contribution in [3.63, 3.8) is 0 Å². The highest BCUT2D eigenvalue weighted by Crippen LogP contribution is 2.16. The van der Waals surface area contributed by atoms with Crippen LogP contribution < -0.4 is 5.32 Å². The molecule has 0 saturated heterocycles. The molecule has 0 aliphatic heterocycles. The third-order valence-electron chi connectivity index (χ3n) is 2.98. The lowest BCUT2D eigenvalue weighted by molar-refractivity contribution is -0.147. The molecule has 1 rings (SSSR count). The summed E-state index contributed by atoms with van der Waals surface area (Å²) in [6.07, 6.45) is 0.206. The number of benzene rings is 1. The second-order valence-electron chi connectivity index (χ2n) is 4.39. The third kappa shape index (κ3) is 3.09. The van der Waals surface area contributed by atoms with E-state index in [9.17, 15) is 22.8 Å². The molecule has 0 aliphatic rings. The molecule has 20 heavy (non-hydrogen) atoms. The maximum absolute atomic E-state index is 13.1. The minimum absolute atomic E-state index is 0.206. The molecule has 0 aromatic heterocycles. The molecule has 0 aliphatic carbocycles. The van der Waals surface area contributed by atoms with Crippen molar-refractivity contribution in [1.82, 2.24) is 5.32 Å². The normalized spacial score (nSPS) is 13.5. The number of amides is 1. The van der Waals surface area contributed by atoms with Crippen molar-refractivity contribution in [1.29, 1.82) is 0 Å². The lowest BCUT2D eigenvalue weighted by Crippen LogP contribution is -2.52. The zero-order chi connectivity index (χ0) is 15.5. The minimum atomic E-state index is -1.66. The number of nitrogens with one attached hydrogen (secondary N) is 1. The van der Waals surface area contributed by atoms with Crippen LogP contribution in [0.25, 0.3) is 0 Å². The molecule has 110 valence electrons. The van der Waals surface area contributed by atoms with E-state index in [2.05, 4.69) is 10.1 Å². The van der Waals surface area contributed by atoms with Gasteiger partial charge in [0.05, 0.1) is 7.11 Å². The van der Waals surface area contributed by atoms with Gasteiger partial charge in [-0.1, -0.05) is 6.92 Å². The lowest BCUT2D eigenvalue weighted by Gasteiger charge is -2.26. The molecule has 1 amide bonds. The molecule has 0 radical (unpaired) electrons. The number of hydrogen-bond donors (Lipinski definition) is 1. The van der Waals surface area contributed by atoms with E-state index >= 15 is 0 Å². The Morgan fingerprint density at radius 3 is 2.15 bits per heavy atom. The molecule has 1 atom stereocenters. The average molecular weight is 289 g/mol. The first-order valence-electron chi connectivity index (χ1n) is 5.80. The Bertz CT molecular complexity index is 525. The van der Waals surface area contributed by atoms with Crippen LogP contribution in [0.5, 0.6) is 0 Å². The number of hydrogen-bond acceptors (Lipinski definition) is 3. The highest BCUT2D eigenvalue weighted by Gasteiger charge is 2.34. The van der Waals surface area contributed by atoms with Crippen molar-refractivity contribution in [2.45, 2.75) is 25.8 Å². The Morgan fingerprint density at radius 2 is 1.75 bits per heavy atom. The second-order valence-corrected chi connectivity index (χ2v) is 4.39. The van der Waals surface area contributed by atoms with Crippen LogP contribution in [-0.4, -0.2) is 24.5 Å². The summed E-state index contributed by atoms with van der Waals surface area (Å²) >= 11 is 0. The summed E-state index contributed by atoms with van der Waals surface area (Å²) in [5, 5.41) is 2.31. The van der Waals surface area contributed by atoms with E-state index in [0.29, 0.717) is 12.1 Å². The van der Waals surface area contributed by atoms with E-state index in [-0.39, 0.29) is 6.42 Å². The van der Waals surface area contributed by atoms with Gasteiger partial charge in [0, 0.05) is 5.56 Å². The zero-order valence-corrected chi connectivity index (χ0v) is 11.2. The summed E-state index contributed by atoms with van der Waals surface area (Å²) in [6.45, 7) is 3.04. The lowest BCUT2D eigenvalue weighted by atomic mass is 9.98. The molecular formula is C13H14F3NO3. The molecule has 7 heteroatoms. The van der Waals surface area contributed by atoms with Crippen LogP contribution in [0.3, 0.4) is 0 Å². The number of methoxy groups -OCH3 is 1. The largest absolute Gasteiger partial charge is 0.467 e. The SMILES string of the molecule is CCC(C)(NC(=O)c1cc(F)c(F)c(F)c1)C(=O)OC. The number of carbonyl (C=O) groups is 2. The van der Waals surface area contributed by atoms with Gasteiger partial charge >= 0.3 is 5.97 Å². The van der Waals surface area contributed by atoms with Crippen LogP contribution >= 0.6 is 0 Å². The summed E-state index contributed by atoms with van der Waals surface area (Å²) < 4.78 is 43.5. The van der Waals surface area contributed by atoms with Crippen LogP contribution in [0.1, 0.15) is 30.6 Å². The van der Waals surface area contributed by atoms with E-state index in [4.69, 9.17) is 0 Å². The van der Waals surface area contributed by atoms with Gasteiger partial charge in [0.1, 0.15) is 5.54 Å². The van der Waals surface area contributed by atoms with Crippen molar-refractivity contribution in [2.75, 3.05) is 7.11 Å². The van der Waals surface area contributed by atoms with Gasteiger partial charge in [-0.15, -0.1) is 0 Å². The first-order chi connectivity index (χ1) is 9.25. The highest BCUT2D eigenvalue weighted by atomic mass is 19.2. The minimum Gasteiger partial charge on any atom is -0.467 e. The Labute approximate surface area is 113 Å². The maximum Gasteiger partial charge on any atom is 0.331 e. The van der Waals surface area contributed by atoms with Crippen molar-refractivity contribution in [3.05, 3.63) is 35.1 Å². The number of carbonyl (C=O) groups excluding carboxylic acids is 2. The summed E-state index contributed by atoms with van der Waals surface area (Å²) in [4.78, 5) is 23.5. The number of esters is 1. The Morgan fingerprint density at radius 1 is 1.25 bits per heavy atom. The summed E-state index contributed by atoms with van der Waals surface area (Å²) in [5.74, 6) is -6.22. The van der Waals surface area contributed by atoms with E-state index in [1.54, 1.807) is 6.92 Å². The first-order valence-corrected chi connectivity index (χ1v) is 5.80. The Hall–Kier alpha value is -2.05. The molecule has 4 nitrogen and oxygen atoms in total. The molecule has 0 spiro atoms. The molecule has 1 aromatic carbocycles. The monoisotopic (exact) mass is 289 g/mol. The predicted octanol–water partition coefficient (Wildman–Crippen LogP) is 2.18. The van der Waals surface area contributed by atoms with Gasteiger partial charge in [-0.25, -0.2) is 18.0 Å². The fraction of sp³-hybridized carbons (Fsp3) is 0.385. The predicted molar refractivity (Wildman–Crippen MR) is 64.5 cm³/mol. The van der Waals surface area contributed by atoms with Crippen LogP contribution in [0, 0.1) is 17.5 Å². The Kier molecular flexibility index (Phi) is 4.75. The molecule has 0 saturated carbocycles. The van der Waals surface area contributed by atoms with Gasteiger partial charge in [0.2, 0.25) is 0 Å². The topological polar surface area (TPSA) is 55.4 Å². The average Bonchev–Trinajstić information content (AvgIpc) is 2.42. The number of halogens is 3. The van der Waals surface area contributed by atoms with E-state index < -0.39 is 40.4 Å². The van der Waals surface area contributed by atoms with Crippen molar-refractivity contribution >= 4 is 11.9 Å². The van der Waals surface area contributed by atoms with Crippen molar-refractivity contribution in [2.24, 2.45) is 0 Å². The first kappa shape index (κ1) is 16.0. The number of rotatable bonds is 4. The van der Waals surface area contributed by atoms with Gasteiger partial charge in [-0.2, -0.15) is 0 Å². The van der Waals surface area contributed by atoms with Crippen molar-refractivity contribution < 1.29 is 27.5 Å². The second kappa shape index (κ2) is 5.94. The molecule has 0 fully saturated rings. The van der Waals surface area contributed by atoms with Gasteiger partial charge < -0.3 is 10.1 Å². The summed E-state index contributed by atoms with van der Waals surface area (Å²) in [5.41, 5.74) is -1.77. The summed E-state index contributed by atoms with van der Waals surface area (Å²) in [6, 6.07) is 1.11. The van der Waals surface area contributed by atoms with Crippen molar-refractivity contribution in [3.8, 4) is 0 Å². The van der Waals surface area contributed by atoms with Crippen LogP contribution in [0.2, 0.25) is 0 Å². The van der Waals surface area contributed by atoms with Crippen LogP contribution in [-0.2, 0) is 9.53 Å². The van der Waals surface area contributed by atoms with E-state index in [1.807, 2.05) is 0 Å². The van der Waals surface area contributed by atoms with Gasteiger partial charge in [-0.05, 0) is 25.5 Å².